The smallest absolute Gasteiger partial charge is 0.419 e. The highest BCUT2D eigenvalue weighted by Gasteiger charge is 2.45. The maximum Gasteiger partial charge on any atom is 0.419 e. The van der Waals surface area contributed by atoms with Gasteiger partial charge in [-0.2, -0.15) is 13.2 Å². The summed E-state index contributed by atoms with van der Waals surface area (Å²) < 4.78 is 48.2. The van der Waals surface area contributed by atoms with Crippen LogP contribution in [0, 0.1) is 0 Å². The van der Waals surface area contributed by atoms with Crippen LogP contribution in [-0.4, -0.2) is 53.1 Å². The molecular formula is C23H27ClF3N3O2. The molecule has 0 radical (unpaired) electrons. The Morgan fingerprint density at radius 1 is 1.09 bits per heavy atom. The second-order valence-corrected chi connectivity index (χ2v) is 9.20. The minimum absolute atomic E-state index is 0.0211. The number of nitrogens with zero attached hydrogens (tertiary/aromatic N) is 3. The van der Waals surface area contributed by atoms with Crippen molar-refractivity contribution in [1.82, 2.24) is 14.4 Å². The molecule has 0 N–H and O–H groups in total. The van der Waals surface area contributed by atoms with Crippen molar-refractivity contribution in [2.75, 3.05) is 26.7 Å². The lowest BCUT2D eigenvalue weighted by Crippen LogP contribution is -2.56. The summed E-state index contributed by atoms with van der Waals surface area (Å²) in [5.41, 5.74) is 0.00422. The van der Waals surface area contributed by atoms with Crippen molar-refractivity contribution < 1.29 is 22.7 Å². The average molecular weight is 470 g/mol. The fraction of sp³-hybridized carbons (Fsp3) is 0.522. The van der Waals surface area contributed by atoms with Crippen molar-refractivity contribution in [3.63, 3.8) is 0 Å². The number of aromatic nitrogens is 1. The lowest BCUT2D eigenvalue weighted by molar-refractivity contribution is -0.139. The number of rotatable bonds is 3. The van der Waals surface area contributed by atoms with E-state index in [1.807, 2.05) is 12.1 Å². The van der Waals surface area contributed by atoms with E-state index in [1.165, 1.54) is 12.1 Å². The van der Waals surface area contributed by atoms with E-state index in [4.69, 9.17) is 16.3 Å². The van der Waals surface area contributed by atoms with Gasteiger partial charge in [-0.1, -0.05) is 11.6 Å². The third kappa shape index (κ3) is 3.99. The van der Waals surface area contributed by atoms with Gasteiger partial charge in [-0.15, -0.1) is 0 Å². The number of likely N-dealkylation sites (N-methyl/N-ethyl adjacent to an activating group) is 1. The van der Waals surface area contributed by atoms with E-state index in [0.29, 0.717) is 31.1 Å². The first-order valence-corrected chi connectivity index (χ1v) is 11.1. The lowest BCUT2D eigenvalue weighted by atomic mass is 9.81. The summed E-state index contributed by atoms with van der Waals surface area (Å²) in [6, 6.07) is 7.50. The molecule has 174 valence electrons. The molecule has 1 amide bonds. The Kier molecular flexibility index (Phi) is 5.96. The van der Waals surface area contributed by atoms with Gasteiger partial charge in [0.15, 0.2) is 0 Å². The quantitative estimate of drug-likeness (QED) is 0.633. The molecule has 0 bridgehead atoms. The van der Waals surface area contributed by atoms with E-state index in [2.05, 4.69) is 16.5 Å². The average Bonchev–Trinajstić information content (AvgIpc) is 3.12. The molecule has 0 atom stereocenters. The molecule has 0 unspecified atom stereocenters. The Morgan fingerprint density at radius 3 is 2.41 bits per heavy atom. The molecule has 3 heterocycles. The second-order valence-electron chi connectivity index (χ2n) is 8.81. The minimum Gasteiger partial charge on any atom is -0.490 e. The predicted octanol–water partition coefficient (Wildman–Crippen LogP) is 5.02. The number of fused-ring (bicyclic) bond motifs is 2. The molecule has 1 saturated heterocycles. The van der Waals surface area contributed by atoms with Gasteiger partial charge >= 0.3 is 6.18 Å². The molecular weight excluding hydrogens is 443 g/mol. The zero-order valence-corrected chi connectivity index (χ0v) is 19.1. The largest absolute Gasteiger partial charge is 0.490 e. The standard InChI is InChI=1S/C23H27ClF3N3O2/c1-15(2)32-18-5-4-16(14-17(18)23(25,26)27)21(31)29-10-8-22(9-11-29)19-6-7-20(24)30(19)13-12-28(22)3/h4-7,14-15H,8-13H2,1-3H3. The molecule has 2 aliphatic heterocycles. The molecule has 9 heteroatoms. The SMILES string of the molecule is CC(C)Oc1ccc(C(=O)N2CCC3(CC2)c2ccc(Cl)n2CCN3C)cc1C(F)(F)F. The molecule has 2 aromatic rings. The predicted molar refractivity (Wildman–Crippen MR) is 116 cm³/mol. The van der Waals surface area contributed by atoms with Crippen LogP contribution in [0.1, 0.15) is 48.3 Å². The van der Waals surface area contributed by atoms with Crippen LogP contribution in [0.25, 0.3) is 0 Å². The number of alkyl halides is 3. The summed E-state index contributed by atoms with van der Waals surface area (Å²) >= 11 is 6.34. The van der Waals surface area contributed by atoms with Crippen LogP contribution in [0.15, 0.2) is 30.3 Å². The zero-order chi connectivity index (χ0) is 23.3. The van der Waals surface area contributed by atoms with Gasteiger partial charge < -0.3 is 14.2 Å². The molecule has 1 aromatic heterocycles. The first-order chi connectivity index (χ1) is 15.0. The van der Waals surface area contributed by atoms with Gasteiger partial charge in [0.05, 0.1) is 17.2 Å². The topological polar surface area (TPSA) is 37.7 Å². The highest BCUT2D eigenvalue weighted by molar-refractivity contribution is 6.29. The molecule has 2 aliphatic rings. The number of halogens is 4. The van der Waals surface area contributed by atoms with E-state index in [-0.39, 0.29) is 16.9 Å². The van der Waals surface area contributed by atoms with Gasteiger partial charge in [-0.25, -0.2) is 0 Å². The summed E-state index contributed by atoms with van der Waals surface area (Å²) in [5.74, 6) is -0.656. The number of hydrogen-bond donors (Lipinski definition) is 0. The van der Waals surface area contributed by atoms with E-state index in [0.717, 1.165) is 24.8 Å². The fourth-order valence-electron chi connectivity index (χ4n) is 4.88. The number of benzene rings is 1. The summed E-state index contributed by atoms with van der Waals surface area (Å²) in [7, 11) is 2.07. The van der Waals surface area contributed by atoms with Crippen LogP contribution < -0.4 is 4.74 Å². The van der Waals surface area contributed by atoms with Gasteiger partial charge in [0.2, 0.25) is 0 Å². The van der Waals surface area contributed by atoms with Crippen LogP contribution in [0.3, 0.4) is 0 Å². The summed E-state index contributed by atoms with van der Waals surface area (Å²) in [4.78, 5) is 17.0. The monoisotopic (exact) mass is 469 g/mol. The highest BCUT2D eigenvalue weighted by atomic mass is 35.5. The number of likely N-dealkylation sites (tertiary alicyclic amines) is 1. The van der Waals surface area contributed by atoms with E-state index in [1.54, 1.807) is 18.7 Å². The molecule has 1 fully saturated rings. The van der Waals surface area contributed by atoms with Crippen molar-refractivity contribution in [1.29, 1.82) is 0 Å². The molecule has 4 rings (SSSR count). The van der Waals surface area contributed by atoms with Gasteiger partial charge in [-0.3, -0.25) is 9.69 Å². The minimum atomic E-state index is -4.61. The van der Waals surface area contributed by atoms with E-state index < -0.39 is 23.8 Å². The summed E-state index contributed by atoms with van der Waals surface area (Å²) in [6.07, 6.45) is -3.63. The summed E-state index contributed by atoms with van der Waals surface area (Å²) in [5, 5.41) is 0.703. The van der Waals surface area contributed by atoms with Crippen molar-refractivity contribution in [3.8, 4) is 5.75 Å². The van der Waals surface area contributed by atoms with Crippen molar-refractivity contribution >= 4 is 17.5 Å². The maximum absolute atomic E-state index is 13.6. The van der Waals surface area contributed by atoms with Gasteiger partial charge in [0, 0.05) is 37.4 Å². The van der Waals surface area contributed by atoms with Gasteiger partial charge in [0.25, 0.3) is 5.91 Å². The van der Waals surface area contributed by atoms with Crippen molar-refractivity contribution in [2.45, 2.75) is 51.1 Å². The third-order valence-corrected chi connectivity index (χ3v) is 6.90. The first-order valence-electron chi connectivity index (χ1n) is 10.8. The summed E-state index contributed by atoms with van der Waals surface area (Å²) in [6.45, 7) is 5.90. The highest BCUT2D eigenvalue weighted by Crippen LogP contribution is 2.43. The van der Waals surface area contributed by atoms with Crippen molar-refractivity contribution in [3.05, 3.63) is 52.3 Å². The van der Waals surface area contributed by atoms with E-state index in [9.17, 15) is 18.0 Å². The number of hydrogen-bond acceptors (Lipinski definition) is 3. The number of amides is 1. The molecule has 32 heavy (non-hydrogen) atoms. The van der Waals surface area contributed by atoms with Crippen molar-refractivity contribution in [2.24, 2.45) is 0 Å². The Balaban J connectivity index is 1.55. The van der Waals surface area contributed by atoms with Crippen LogP contribution in [0.4, 0.5) is 13.2 Å². The number of carbonyl (C=O) groups is 1. The maximum atomic E-state index is 13.6. The number of ether oxygens (including phenoxy) is 1. The zero-order valence-electron chi connectivity index (χ0n) is 18.4. The lowest BCUT2D eigenvalue weighted by Gasteiger charge is -2.50. The van der Waals surface area contributed by atoms with Crippen LogP contribution in [0.2, 0.25) is 5.15 Å². The van der Waals surface area contributed by atoms with Crippen LogP contribution >= 0.6 is 11.6 Å². The second kappa shape index (κ2) is 8.30. The van der Waals surface area contributed by atoms with Crippen LogP contribution in [-0.2, 0) is 18.3 Å². The fourth-order valence-corrected chi connectivity index (χ4v) is 5.12. The Morgan fingerprint density at radius 2 is 1.78 bits per heavy atom. The molecule has 0 saturated carbocycles. The van der Waals surface area contributed by atoms with Gasteiger partial charge in [0.1, 0.15) is 10.9 Å². The Labute approximate surface area is 190 Å². The van der Waals surface area contributed by atoms with Gasteiger partial charge in [-0.05, 0) is 64.1 Å². The molecule has 1 aromatic carbocycles. The Hall–Kier alpha value is -2.19. The first kappa shape index (κ1) is 23.0. The third-order valence-electron chi connectivity index (χ3n) is 6.57. The molecule has 5 nitrogen and oxygen atoms in total. The Bertz CT molecular complexity index is 1010. The number of piperidine rings is 1. The normalized spacial score (nSPS) is 18.8. The van der Waals surface area contributed by atoms with E-state index >= 15 is 0 Å². The molecule has 0 aliphatic carbocycles. The molecule has 1 spiro atoms. The number of carbonyl (C=O) groups excluding carboxylic acids is 1. The van der Waals surface area contributed by atoms with Crippen LogP contribution in [0.5, 0.6) is 5.75 Å².